The van der Waals surface area contributed by atoms with Gasteiger partial charge in [-0.25, -0.2) is 9.59 Å². The van der Waals surface area contributed by atoms with Crippen molar-refractivity contribution in [3.8, 4) is 5.75 Å². The SMILES string of the molecule is CC(C)CCCC(C)C1CCC2C3CC=C4CC(OC(=O)C=CC(=O)Oc5cc(N)ccc5N)CCC4(C)C3CCC12C. The molecule has 5 rings (SSSR count). The largest absolute Gasteiger partial charge is 0.459 e. The van der Waals surface area contributed by atoms with Gasteiger partial charge in [-0.1, -0.05) is 65.5 Å². The summed E-state index contributed by atoms with van der Waals surface area (Å²) in [7, 11) is 0. The van der Waals surface area contributed by atoms with Gasteiger partial charge in [0, 0.05) is 30.3 Å². The first-order valence-corrected chi connectivity index (χ1v) is 16.9. The summed E-state index contributed by atoms with van der Waals surface area (Å²) in [6.07, 6.45) is 18.1. The maximum atomic E-state index is 12.6. The van der Waals surface area contributed by atoms with Crippen molar-refractivity contribution in [2.24, 2.45) is 46.3 Å². The highest BCUT2D eigenvalue weighted by molar-refractivity contribution is 5.93. The highest BCUT2D eigenvalue weighted by Gasteiger charge is 2.59. The Hall–Kier alpha value is -2.76. The fourth-order valence-electron chi connectivity index (χ4n) is 9.87. The zero-order chi connectivity index (χ0) is 30.9. The number of benzene rings is 1. The Morgan fingerprint density at radius 3 is 2.51 bits per heavy atom. The second-order valence-corrected chi connectivity index (χ2v) is 15.1. The molecule has 4 aliphatic rings. The van der Waals surface area contributed by atoms with Crippen molar-refractivity contribution in [2.45, 2.75) is 111 Å². The quantitative estimate of drug-likeness (QED) is 0.0986. The van der Waals surface area contributed by atoms with Gasteiger partial charge in [-0.2, -0.15) is 0 Å². The van der Waals surface area contributed by atoms with E-state index in [2.05, 4.69) is 40.7 Å². The standard InChI is InChI=1S/C37H54N2O4/c1-23(2)7-6-8-24(3)29-12-13-30-28-11-9-25-21-27(17-19-36(25,4)31(28)18-20-37(29,30)5)42-34(40)15-16-35(41)43-33-22-26(38)10-14-32(33)39/h9-10,14-16,22-24,27-31H,6-8,11-13,17-21,38-39H2,1-5H3. The minimum atomic E-state index is -0.699. The molecule has 3 fully saturated rings. The van der Waals surface area contributed by atoms with Gasteiger partial charge >= 0.3 is 11.9 Å². The molecule has 43 heavy (non-hydrogen) atoms. The maximum absolute atomic E-state index is 12.6. The summed E-state index contributed by atoms with van der Waals surface area (Å²) >= 11 is 0. The maximum Gasteiger partial charge on any atom is 0.336 e. The molecule has 3 saturated carbocycles. The number of esters is 2. The van der Waals surface area contributed by atoms with Gasteiger partial charge in [-0.3, -0.25) is 0 Å². The average Bonchev–Trinajstić information content (AvgIpc) is 3.31. The van der Waals surface area contributed by atoms with Crippen LogP contribution in [-0.4, -0.2) is 18.0 Å². The molecule has 0 spiro atoms. The van der Waals surface area contributed by atoms with E-state index in [1.165, 1.54) is 63.0 Å². The lowest BCUT2D eigenvalue weighted by molar-refractivity contribution is -0.145. The monoisotopic (exact) mass is 590 g/mol. The number of allylic oxidation sites excluding steroid dienone is 1. The van der Waals surface area contributed by atoms with Crippen molar-refractivity contribution >= 4 is 23.3 Å². The number of carbonyl (C=O) groups excluding carboxylic acids is 2. The minimum absolute atomic E-state index is 0.162. The van der Waals surface area contributed by atoms with E-state index < -0.39 is 11.9 Å². The molecule has 1 aromatic rings. The zero-order valence-corrected chi connectivity index (χ0v) is 27.1. The fourth-order valence-corrected chi connectivity index (χ4v) is 9.87. The molecule has 0 aliphatic heterocycles. The van der Waals surface area contributed by atoms with Crippen LogP contribution in [0.2, 0.25) is 0 Å². The summed E-state index contributed by atoms with van der Waals surface area (Å²) in [6, 6.07) is 4.68. The van der Waals surface area contributed by atoms with Crippen molar-refractivity contribution in [3.63, 3.8) is 0 Å². The van der Waals surface area contributed by atoms with Crippen LogP contribution in [0.25, 0.3) is 0 Å². The van der Waals surface area contributed by atoms with Crippen molar-refractivity contribution in [2.75, 3.05) is 11.5 Å². The van der Waals surface area contributed by atoms with Crippen LogP contribution in [0, 0.1) is 46.3 Å². The van der Waals surface area contributed by atoms with Gasteiger partial charge in [0.2, 0.25) is 0 Å². The Morgan fingerprint density at radius 2 is 1.74 bits per heavy atom. The highest BCUT2D eigenvalue weighted by Crippen LogP contribution is 2.67. The van der Waals surface area contributed by atoms with Crippen LogP contribution < -0.4 is 16.2 Å². The van der Waals surface area contributed by atoms with Crippen LogP contribution in [0.5, 0.6) is 5.75 Å². The lowest BCUT2D eigenvalue weighted by atomic mass is 9.47. The summed E-state index contributed by atoms with van der Waals surface area (Å²) in [6.45, 7) is 12.4. The first-order valence-electron chi connectivity index (χ1n) is 16.9. The lowest BCUT2D eigenvalue weighted by Gasteiger charge is -2.58. The van der Waals surface area contributed by atoms with E-state index in [1.54, 1.807) is 12.1 Å². The minimum Gasteiger partial charge on any atom is -0.459 e. The number of hydrogen-bond donors (Lipinski definition) is 2. The topological polar surface area (TPSA) is 105 Å². The Kier molecular flexibility index (Phi) is 9.34. The number of rotatable bonds is 9. The molecule has 0 bridgehead atoms. The van der Waals surface area contributed by atoms with Crippen molar-refractivity contribution in [1.29, 1.82) is 0 Å². The number of nitrogen functional groups attached to an aromatic ring is 2. The van der Waals surface area contributed by atoms with E-state index in [-0.39, 0.29) is 17.3 Å². The van der Waals surface area contributed by atoms with Crippen LogP contribution in [0.15, 0.2) is 42.0 Å². The molecule has 6 heteroatoms. The smallest absolute Gasteiger partial charge is 0.336 e. The van der Waals surface area contributed by atoms with Gasteiger partial charge in [0.15, 0.2) is 5.75 Å². The molecule has 4 N–H and O–H groups in total. The van der Waals surface area contributed by atoms with Gasteiger partial charge in [-0.15, -0.1) is 0 Å². The van der Waals surface area contributed by atoms with Gasteiger partial charge in [0.1, 0.15) is 6.10 Å². The van der Waals surface area contributed by atoms with E-state index in [0.717, 1.165) is 66.9 Å². The lowest BCUT2D eigenvalue weighted by Crippen LogP contribution is -2.51. The van der Waals surface area contributed by atoms with Gasteiger partial charge in [0.25, 0.3) is 0 Å². The number of nitrogens with two attached hydrogens (primary N) is 2. The number of anilines is 2. The number of fused-ring (bicyclic) bond motifs is 5. The van der Waals surface area contributed by atoms with Gasteiger partial charge < -0.3 is 20.9 Å². The van der Waals surface area contributed by atoms with E-state index in [1.807, 2.05) is 0 Å². The number of ether oxygens (including phenoxy) is 2. The predicted octanol–water partition coefficient (Wildman–Crippen LogP) is 8.27. The molecule has 1 aromatic carbocycles. The fraction of sp³-hybridized carbons (Fsp3) is 0.676. The van der Waals surface area contributed by atoms with Gasteiger partial charge in [-0.05, 0) is 103 Å². The third-order valence-electron chi connectivity index (χ3n) is 12.1. The predicted molar refractivity (Wildman–Crippen MR) is 173 cm³/mol. The zero-order valence-electron chi connectivity index (χ0n) is 27.1. The number of hydrogen-bond acceptors (Lipinski definition) is 6. The third-order valence-corrected chi connectivity index (χ3v) is 12.1. The molecule has 236 valence electrons. The van der Waals surface area contributed by atoms with Crippen LogP contribution in [0.3, 0.4) is 0 Å². The first-order chi connectivity index (χ1) is 20.4. The summed E-state index contributed by atoms with van der Waals surface area (Å²) in [5.41, 5.74) is 14.5. The van der Waals surface area contributed by atoms with Crippen LogP contribution in [0.4, 0.5) is 11.4 Å². The second-order valence-electron chi connectivity index (χ2n) is 15.1. The Morgan fingerprint density at radius 1 is 0.977 bits per heavy atom. The van der Waals surface area contributed by atoms with E-state index in [0.29, 0.717) is 16.8 Å². The van der Waals surface area contributed by atoms with Crippen molar-refractivity contribution in [3.05, 3.63) is 42.0 Å². The average molecular weight is 591 g/mol. The van der Waals surface area contributed by atoms with Crippen LogP contribution in [0.1, 0.15) is 105 Å². The molecule has 0 amide bonds. The Bertz CT molecular complexity index is 1250. The molecule has 4 aliphatic carbocycles. The van der Waals surface area contributed by atoms with E-state index in [4.69, 9.17) is 20.9 Å². The molecule has 0 radical (unpaired) electrons. The molecular formula is C37H54N2O4. The summed E-state index contributed by atoms with van der Waals surface area (Å²) < 4.78 is 11.1. The molecule has 0 saturated heterocycles. The Labute approximate surface area is 259 Å². The molecule has 0 aromatic heterocycles. The Balaban J connectivity index is 1.17. The second kappa shape index (κ2) is 12.7. The molecule has 6 nitrogen and oxygen atoms in total. The highest BCUT2D eigenvalue weighted by atomic mass is 16.5. The van der Waals surface area contributed by atoms with Crippen LogP contribution >= 0.6 is 0 Å². The van der Waals surface area contributed by atoms with E-state index >= 15 is 0 Å². The van der Waals surface area contributed by atoms with Gasteiger partial charge in [0.05, 0.1) is 5.69 Å². The molecule has 8 atom stereocenters. The summed E-state index contributed by atoms with van der Waals surface area (Å²) in [5.74, 6) is 3.79. The van der Waals surface area contributed by atoms with Crippen molar-refractivity contribution in [1.82, 2.24) is 0 Å². The van der Waals surface area contributed by atoms with Crippen LogP contribution in [-0.2, 0) is 14.3 Å². The molecular weight excluding hydrogens is 536 g/mol. The van der Waals surface area contributed by atoms with Crippen molar-refractivity contribution < 1.29 is 19.1 Å². The summed E-state index contributed by atoms with van der Waals surface area (Å²) in [5, 5.41) is 0. The summed E-state index contributed by atoms with van der Waals surface area (Å²) in [4.78, 5) is 24.9. The number of carbonyl (C=O) groups is 2. The third kappa shape index (κ3) is 6.54. The first kappa shape index (κ1) is 31.7. The van der Waals surface area contributed by atoms with E-state index in [9.17, 15) is 9.59 Å². The molecule has 0 heterocycles. The normalized spacial score (nSPS) is 34.2. The molecule has 8 unspecified atom stereocenters.